The Kier molecular flexibility index (Phi) is 6.08. The largest absolute Gasteiger partial charge is 0.496 e. The maximum absolute atomic E-state index is 13.8. The Morgan fingerprint density at radius 3 is 2.87 bits per heavy atom. The van der Waals surface area contributed by atoms with Gasteiger partial charge in [0.05, 0.1) is 24.7 Å². The number of nitrogens with one attached hydrogen (secondary N) is 1. The summed E-state index contributed by atoms with van der Waals surface area (Å²) in [7, 11) is 1.57. The van der Waals surface area contributed by atoms with Crippen LogP contribution in [0.3, 0.4) is 0 Å². The van der Waals surface area contributed by atoms with E-state index >= 15 is 0 Å². The number of Topliss-reactive ketones (excluding diaryl/α,β-unsaturated/α-hetero) is 1. The summed E-state index contributed by atoms with van der Waals surface area (Å²) in [5, 5.41) is 24.7. The predicted octanol–water partition coefficient (Wildman–Crippen LogP) is 3.53. The van der Waals surface area contributed by atoms with Gasteiger partial charge >= 0.3 is 0 Å². The van der Waals surface area contributed by atoms with Crippen LogP contribution in [0.2, 0.25) is 0 Å². The zero-order chi connectivity index (χ0) is 22.0. The highest BCUT2D eigenvalue weighted by atomic mass is 19.1. The Labute approximate surface area is 181 Å². The van der Waals surface area contributed by atoms with Gasteiger partial charge in [-0.05, 0) is 49.1 Å². The topological polar surface area (TPSA) is 82.3 Å². The first-order valence-corrected chi connectivity index (χ1v) is 10.7. The van der Waals surface area contributed by atoms with Crippen LogP contribution in [0.5, 0.6) is 5.75 Å². The summed E-state index contributed by atoms with van der Waals surface area (Å²) in [6.07, 6.45) is 0.885. The van der Waals surface area contributed by atoms with Crippen LogP contribution in [0.4, 0.5) is 4.39 Å². The average molecular weight is 423 g/mol. The zero-order valence-corrected chi connectivity index (χ0v) is 17.6. The SMILES string of the molecule is COc1ccccc1[C@]1(O)C[C@@H](C(=O)C(CC#N)c2cccc(F)c2)C[C@H]2CNC[C@H]21. The number of carbonyl (C=O) groups is 1. The molecule has 1 aliphatic carbocycles. The summed E-state index contributed by atoms with van der Waals surface area (Å²) in [6.45, 7) is 1.40. The lowest BCUT2D eigenvalue weighted by atomic mass is 9.61. The number of nitrogens with zero attached hydrogens (tertiary/aromatic N) is 1. The fourth-order valence-corrected chi connectivity index (χ4v) is 5.53. The van der Waals surface area contributed by atoms with Gasteiger partial charge in [-0.15, -0.1) is 0 Å². The van der Waals surface area contributed by atoms with Gasteiger partial charge in [0.2, 0.25) is 0 Å². The van der Waals surface area contributed by atoms with Crippen LogP contribution in [0.1, 0.15) is 36.3 Å². The standard InChI is InChI=1S/C25H27FN2O3/c1-31-23-8-3-2-7-21(23)25(30)13-17(11-18-14-28-15-22(18)25)24(29)20(9-10-27)16-5-4-6-19(26)12-16/h2-8,12,17-18,20,22,28,30H,9,11,13-15H2,1H3/t17-,18-,20?,22+,25+/m0/s1. The molecule has 31 heavy (non-hydrogen) atoms. The summed E-state index contributed by atoms with van der Waals surface area (Å²) < 4.78 is 19.3. The summed E-state index contributed by atoms with van der Waals surface area (Å²) >= 11 is 0. The van der Waals surface area contributed by atoms with Gasteiger partial charge in [0.15, 0.2) is 0 Å². The molecule has 5 nitrogen and oxygen atoms in total. The number of nitriles is 1. The van der Waals surface area contributed by atoms with Crippen LogP contribution >= 0.6 is 0 Å². The molecular weight excluding hydrogens is 395 g/mol. The number of hydrogen-bond donors (Lipinski definition) is 2. The second-order valence-electron chi connectivity index (χ2n) is 8.66. The van der Waals surface area contributed by atoms with E-state index in [4.69, 9.17) is 4.74 Å². The second kappa shape index (κ2) is 8.78. The molecule has 0 spiro atoms. The number of methoxy groups -OCH3 is 1. The van der Waals surface area contributed by atoms with E-state index in [-0.39, 0.29) is 30.5 Å². The van der Waals surface area contributed by atoms with E-state index in [2.05, 4.69) is 11.4 Å². The monoisotopic (exact) mass is 422 g/mol. The number of ether oxygens (including phenoxy) is 1. The van der Waals surface area contributed by atoms with Gasteiger partial charge in [0.25, 0.3) is 0 Å². The van der Waals surface area contributed by atoms with E-state index in [1.807, 2.05) is 24.3 Å². The van der Waals surface area contributed by atoms with Crippen LogP contribution in [-0.4, -0.2) is 31.1 Å². The number of rotatable bonds is 6. The van der Waals surface area contributed by atoms with Gasteiger partial charge in [0, 0.05) is 30.4 Å². The van der Waals surface area contributed by atoms with Crippen LogP contribution in [0, 0.1) is 34.9 Å². The lowest BCUT2D eigenvalue weighted by Gasteiger charge is -2.45. The van der Waals surface area contributed by atoms with Crippen molar-refractivity contribution in [2.24, 2.45) is 17.8 Å². The molecule has 2 fully saturated rings. The van der Waals surface area contributed by atoms with Crippen molar-refractivity contribution >= 4 is 5.78 Å². The van der Waals surface area contributed by atoms with E-state index in [9.17, 15) is 19.6 Å². The van der Waals surface area contributed by atoms with Gasteiger partial charge in [-0.1, -0.05) is 30.3 Å². The summed E-state index contributed by atoms with van der Waals surface area (Å²) in [6, 6.07) is 15.4. The highest BCUT2D eigenvalue weighted by molar-refractivity contribution is 5.88. The maximum Gasteiger partial charge on any atom is 0.144 e. The molecule has 2 aromatic rings. The number of para-hydroxylation sites is 1. The molecule has 4 rings (SSSR count). The highest BCUT2D eigenvalue weighted by Crippen LogP contribution is 2.51. The minimum absolute atomic E-state index is 0.0157. The maximum atomic E-state index is 13.8. The molecule has 1 heterocycles. The molecule has 162 valence electrons. The number of benzene rings is 2. The Morgan fingerprint density at radius 1 is 1.32 bits per heavy atom. The van der Waals surface area contributed by atoms with Crippen LogP contribution in [0.25, 0.3) is 0 Å². The van der Waals surface area contributed by atoms with Gasteiger partial charge < -0.3 is 15.2 Å². The molecule has 0 radical (unpaired) electrons. The van der Waals surface area contributed by atoms with E-state index in [1.54, 1.807) is 19.2 Å². The molecular formula is C25H27FN2O3. The van der Waals surface area contributed by atoms with Crippen molar-refractivity contribution in [1.29, 1.82) is 5.26 Å². The molecule has 5 atom stereocenters. The first-order valence-electron chi connectivity index (χ1n) is 10.7. The van der Waals surface area contributed by atoms with E-state index in [0.29, 0.717) is 29.8 Å². The predicted molar refractivity (Wildman–Crippen MR) is 114 cm³/mol. The molecule has 1 saturated heterocycles. The van der Waals surface area contributed by atoms with Crippen LogP contribution < -0.4 is 10.1 Å². The highest BCUT2D eigenvalue weighted by Gasteiger charge is 2.53. The van der Waals surface area contributed by atoms with Crippen molar-refractivity contribution in [2.75, 3.05) is 20.2 Å². The fraction of sp³-hybridized carbons (Fsp3) is 0.440. The molecule has 0 bridgehead atoms. The lowest BCUT2D eigenvalue weighted by molar-refractivity contribution is -0.136. The number of fused-ring (bicyclic) bond motifs is 1. The first-order chi connectivity index (χ1) is 15.0. The van der Waals surface area contributed by atoms with E-state index in [0.717, 1.165) is 6.54 Å². The molecule has 0 amide bonds. The summed E-state index contributed by atoms with van der Waals surface area (Å²) in [5.41, 5.74) is -0.0197. The third kappa shape index (κ3) is 3.96. The fourth-order valence-electron chi connectivity index (χ4n) is 5.53. The molecule has 1 saturated carbocycles. The minimum Gasteiger partial charge on any atom is -0.496 e. The van der Waals surface area contributed by atoms with Crippen LogP contribution in [-0.2, 0) is 10.4 Å². The Hall–Kier alpha value is -2.75. The molecule has 2 aliphatic rings. The molecule has 2 aromatic carbocycles. The lowest BCUT2D eigenvalue weighted by Crippen LogP contribution is -2.48. The Balaban J connectivity index is 1.70. The molecule has 1 aliphatic heterocycles. The van der Waals surface area contributed by atoms with Crippen molar-refractivity contribution in [3.63, 3.8) is 0 Å². The number of carbonyl (C=O) groups excluding carboxylic acids is 1. The Bertz CT molecular complexity index is 1000. The van der Waals surface area contributed by atoms with Crippen LogP contribution in [0.15, 0.2) is 48.5 Å². The van der Waals surface area contributed by atoms with Crippen molar-refractivity contribution in [1.82, 2.24) is 5.32 Å². The molecule has 2 N–H and O–H groups in total. The van der Waals surface area contributed by atoms with Crippen molar-refractivity contribution in [3.8, 4) is 11.8 Å². The summed E-state index contributed by atoms with van der Waals surface area (Å²) in [4.78, 5) is 13.6. The average Bonchev–Trinajstić information content (AvgIpc) is 3.26. The van der Waals surface area contributed by atoms with Gasteiger partial charge in [-0.2, -0.15) is 5.26 Å². The van der Waals surface area contributed by atoms with Crippen molar-refractivity contribution in [2.45, 2.75) is 30.8 Å². The zero-order valence-electron chi connectivity index (χ0n) is 17.6. The van der Waals surface area contributed by atoms with E-state index in [1.165, 1.54) is 12.1 Å². The first kappa shape index (κ1) is 21.5. The van der Waals surface area contributed by atoms with Gasteiger partial charge in [0.1, 0.15) is 17.3 Å². The normalized spacial score (nSPS) is 28.4. The van der Waals surface area contributed by atoms with Crippen molar-refractivity contribution in [3.05, 3.63) is 65.5 Å². The van der Waals surface area contributed by atoms with Crippen molar-refractivity contribution < 1.29 is 19.0 Å². The Morgan fingerprint density at radius 2 is 2.13 bits per heavy atom. The van der Waals surface area contributed by atoms with E-state index < -0.39 is 23.3 Å². The number of halogens is 1. The summed E-state index contributed by atoms with van der Waals surface area (Å²) in [5.74, 6) is -0.976. The second-order valence-corrected chi connectivity index (χ2v) is 8.66. The quantitative estimate of drug-likeness (QED) is 0.744. The van der Waals surface area contributed by atoms with Gasteiger partial charge in [-0.3, -0.25) is 4.79 Å². The minimum atomic E-state index is -1.22. The van der Waals surface area contributed by atoms with Gasteiger partial charge in [-0.25, -0.2) is 4.39 Å². The third-order valence-corrected chi connectivity index (χ3v) is 6.96. The number of ketones is 1. The smallest absolute Gasteiger partial charge is 0.144 e. The third-order valence-electron chi connectivity index (χ3n) is 6.96. The number of hydrogen-bond acceptors (Lipinski definition) is 5. The molecule has 0 aromatic heterocycles. The number of aliphatic hydroxyl groups is 1. The molecule has 1 unspecified atom stereocenters. The molecule has 6 heteroatoms.